The average molecular weight is 500 g/mol. The third kappa shape index (κ3) is 6.02. The van der Waals surface area contributed by atoms with Crippen molar-refractivity contribution in [2.75, 3.05) is 19.4 Å². The number of aliphatic hydroxyl groups is 2. The number of aromatic amines is 1. The minimum Gasteiger partial charge on any atom is -0.488 e. The third-order valence-electron chi connectivity index (χ3n) is 5.61. The van der Waals surface area contributed by atoms with E-state index in [1.165, 1.54) is 18.3 Å². The van der Waals surface area contributed by atoms with Crippen LogP contribution in [0.1, 0.15) is 19.5 Å². The lowest BCUT2D eigenvalue weighted by molar-refractivity contribution is 0.129. The molecule has 0 saturated heterocycles. The molecule has 10 heteroatoms. The normalized spacial score (nSPS) is 17.4. The Bertz CT molecular complexity index is 1320. The summed E-state index contributed by atoms with van der Waals surface area (Å²) in [5, 5.41) is 22.5. The van der Waals surface area contributed by atoms with Gasteiger partial charge in [0.2, 0.25) is 0 Å². The van der Waals surface area contributed by atoms with Crippen LogP contribution in [0.15, 0.2) is 59.8 Å². The number of aromatic nitrogens is 2. The van der Waals surface area contributed by atoms with Crippen molar-refractivity contribution in [2.24, 2.45) is 5.92 Å². The molecule has 4 rings (SSSR count). The summed E-state index contributed by atoms with van der Waals surface area (Å²) >= 11 is 0. The van der Waals surface area contributed by atoms with E-state index in [0.29, 0.717) is 23.8 Å². The molecular weight excluding hydrogens is 470 g/mol. The summed E-state index contributed by atoms with van der Waals surface area (Å²) in [6.45, 7) is 4.06. The van der Waals surface area contributed by atoms with Crippen molar-refractivity contribution in [2.45, 2.75) is 31.1 Å². The van der Waals surface area contributed by atoms with Gasteiger partial charge in [0.05, 0.1) is 30.3 Å². The van der Waals surface area contributed by atoms with Crippen molar-refractivity contribution in [1.29, 1.82) is 0 Å². The van der Waals surface area contributed by atoms with Crippen molar-refractivity contribution in [3.05, 3.63) is 60.4 Å². The quantitative estimate of drug-likeness (QED) is 0.353. The van der Waals surface area contributed by atoms with Crippen molar-refractivity contribution < 1.29 is 28.1 Å². The lowest BCUT2D eigenvalue weighted by Gasteiger charge is -2.15. The molecule has 4 N–H and O–H groups in total. The van der Waals surface area contributed by atoms with Crippen LogP contribution in [-0.2, 0) is 9.84 Å². The second-order valence-corrected chi connectivity index (χ2v) is 10.6. The van der Waals surface area contributed by atoms with E-state index in [1.54, 1.807) is 19.9 Å². The van der Waals surface area contributed by atoms with Crippen LogP contribution in [0, 0.1) is 5.92 Å². The zero-order chi connectivity index (χ0) is 25.2. The minimum atomic E-state index is -3.41. The predicted octanol–water partition coefficient (Wildman–Crippen LogP) is 2.97. The number of hydrogen-bond donors (Lipinski definition) is 4. The van der Waals surface area contributed by atoms with Crippen molar-refractivity contribution >= 4 is 15.5 Å². The maximum atomic E-state index is 11.7. The van der Waals surface area contributed by atoms with Crippen LogP contribution in [-0.4, -0.2) is 60.2 Å². The standard InChI is InChI=1S/C25H29N3O6S/c1-15(14-29)33-20-8-17(22-5-6-23(28-22)24-10-18(12-26-24)16(2)30)9-21(11-20)34-19-4-7-25(27-13-19)35(3,31)32/h4-11,13,15-16,18,26,28-30H,12,14H2,1-3H3/t15-,16-,18-/m0/s1. The van der Waals surface area contributed by atoms with Gasteiger partial charge < -0.3 is 30.0 Å². The second kappa shape index (κ2) is 10.1. The van der Waals surface area contributed by atoms with Gasteiger partial charge in [0.15, 0.2) is 14.9 Å². The zero-order valence-corrected chi connectivity index (χ0v) is 20.5. The molecule has 0 fully saturated rings. The topological polar surface area (TPSA) is 134 Å². The van der Waals surface area contributed by atoms with E-state index in [-0.39, 0.29) is 17.6 Å². The molecule has 0 radical (unpaired) electrons. The maximum Gasteiger partial charge on any atom is 0.192 e. The van der Waals surface area contributed by atoms with Crippen LogP contribution >= 0.6 is 0 Å². The Kier molecular flexibility index (Phi) is 7.15. The SMILES string of the molecule is C[C@H](O)[C@H]1C=C(c2ccc(-c3cc(Oc4ccc(S(C)(=O)=O)nc4)cc(O[C@@H](C)CO)c3)[nH]2)NC1. The summed E-state index contributed by atoms with van der Waals surface area (Å²) in [6.07, 6.45) is 3.61. The molecule has 0 bridgehead atoms. The molecule has 0 aliphatic carbocycles. The first-order valence-corrected chi connectivity index (χ1v) is 13.1. The lowest BCUT2D eigenvalue weighted by Crippen LogP contribution is -2.20. The number of aliphatic hydroxyl groups excluding tert-OH is 2. The van der Waals surface area contributed by atoms with E-state index in [4.69, 9.17) is 9.47 Å². The molecule has 9 nitrogen and oxygen atoms in total. The molecular formula is C25H29N3O6S. The van der Waals surface area contributed by atoms with Crippen LogP contribution in [0.4, 0.5) is 0 Å². The largest absolute Gasteiger partial charge is 0.488 e. The highest BCUT2D eigenvalue weighted by Gasteiger charge is 2.21. The van der Waals surface area contributed by atoms with Crippen LogP contribution in [0.2, 0.25) is 0 Å². The number of pyridine rings is 1. The van der Waals surface area contributed by atoms with E-state index in [0.717, 1.165) is 28.9 Å². The number of H-pyrrole nitrogens is 1. The summed E-state index contributed by atoms with van der Waals surface area (Å²) in [7, 11) is -3.41. The first-order valence-electron chi connectivity index (χ1n) is 11.2. The summed E-state index contributed by atoms with van der Waals surface area (Å²) in [6, 6.07) is 12.2. The monoisotopic (exact) mass is 499 g/mol. The molecule has 1 aliphatic heterocycles. The van der Waals surface area contributed by atoms with E-state index < -0.39 is 22.0 Å². The molecule has 2 aromatic heterocycles. The van der Waals surface area contributed by atoms with Gasteiger partial charge >= 0.3 is 0 Å². The second-order valence-electron chi connectivity index (χ2n) is 8.66. The summed E-state index contributed by atoms with van der Waals surface area (Å²) in [5.41, 5.74) is 3.43. The average Bonchev–Trinajstić information content (AvgIpc) is 3.49. The van der Waals surface area contributed by atoms with E-state index >= 15 is 0 Å². The van der Waals surface area contributed by atoms with Gasteiger partial charge in [0, 0.05) is 36.0 Å². The van der Waals surface area contributed by atoms with Gasteiger partial charge in [-0.1, -0.05) is 6.08 Å². The molecule has 0 saturated carbocycles. The van der Waals surface area contributed by atoms with Crippen LogP contribution in [0.3, 0.4) is 0 Å². The first kappa shape index (κ1) is 24.8. The Morgan fingerprint density at radius 3 is 2.46 bits per heavy atom. The van der Waals surface area contributed by atoms with Gasteiger partial charge in [-0.25, -0.2) is 13.4 Å². The van der Waals surface area contributed by atoms with E-state index in [1.807, 2.05) is 30.3 Å². The number of nitrogens with one attached hydrogen (secondary N) is 2. The van der Waals surface area contributed by atoms with Crippen LogP contribution < -0.4 is 14.8 Å². The number of benzene rings is 1. The Hall–Kier alpha value is -3.34. The molecule has 35 heavy (non-hydrogen) atoms. The minimum absolute atomic E-state index is 0.0361. The summed E-state index contributed by atoms with van der Waals surface area (Å²) in [4.78, 5) is 7.35. The van der Waals surface area contributed by atoms with Gasteiger partial charge in [-0.15, -0.1) is 0 Å². The summed E-state index contributed by atoms with van der Waals surface area (Å²) < 4.78 is 35.1. The van der Waals surface area contributed by atoms with Gasteiger partial charge in [-0.3, -0.25) is 0 Å². The molecule has 3 aromatic rings. The predicted molar refractivity (Wildman–Crippen MR) is 132 cm³/mol. The Morgan fingerprint density at radius 1 is 1.09 bits per heavy atom. The Labute approximate surface area is 204 Å². The highest BCUT2D eigenvalue weighted by molar-refractivity contribution is 7.90. The number of nitrogens with zero attached hydrogens (tertiary/aromatic N) is 1. The molecule has 0 amide bonds. The van der Waals surface area contributed by atoms with Crippen molar-refractivity contribution in [3.8, 4) is 28.5 Å². The fraction of sp³-hybridized carbons (Fsp3) is 0.320. The smallest absolute Gasteiger partial charge is 0.192 e. The molecule has 0 spiro atoms. The number of ether oxygens (including phenoxy) is 2. The molecule has 186 valence electrons. The first-order chi connectivity index (χ1) is 16.6. The van der Waals surface area contributed by atoms with Gasteiger partial charge in [0.25, 0.3) is 0 Å². The highest BCUT2D eigenvalue weighted by Crippen LogP contribution is 2.33. The van der Waals surface area contributed by atoms with Crippen molar-refractivity contribution in [1.82, 2.24) is 15.3 Å². The molecule has 1 aromatic carbocycles. The van der Waals surface area contributed by atoms with E-state index in [2.05, 4.69) is 15.3 Å². The van der Waals surface area contributed by atoms with Crippen molar-refractivity contribution in [3.63, 3.8) is 0 Å². The molecule has 1 aliphatic rings. The number of hydrogen-bond acceptors (Lipinski definition) is 8. The number of sulfone groups is 1. The Balaban J connectivity index is 1.63. The van der Waals surface area contributed by atoms with Gasteiger partial charge in [-0.2, -0.15) is 0 Å². The maximum absolute atomic E-state index is 11.7. The molecule has 3 heterocycles. The lowest BCUT2D eigenvalue weighted by atomic mass is 10.1. The number of rotatable bonds is 9. The zero-order valence-electron chi connectivity index (χ0n) is 19.7. The highest BCUT2D eigenvalue weighted by atomic mass is 32.2. The third-order valence-corrected chi connectivity index (χ3v) is 6.62. The van der Waals surface area contributed by atoms with Gasteiger partial charge in [0.1, 0.15) is 23.4 Å². The fourth-order valence-electron chi connectivity index (χ4n) is 3.68. The Morgan fingerprint density at radius 2 is 1.83 bits per heavy atom. The van der Waals surface area contributed by atoms with E-state index in [9.17, 15) is 18.6 Å². The van der Waals surface area contributed by atoms with Crippen LogP contribution in [0.5, 0.6) is 17.2 Å². The fourth-order valence-corrected chi connectivity index (χ4v) is 4.24. The summed E-state index contributed by atoms with van der Waals surface area (Å²) in [5.74, 6) is 1.38. The molecule has 3 atom stereocenters. The van der Waals surface area contributed by atoms with Crippen LogP contribution in [0.25, 0.3) is 17.0 Å². The van der Waals surface area contributed by atoms with Gasteiger partial charge in [-0.05, 0) is 50.2 Å². The molecule has 0 unspecified atom stereocenters.